The lowest BCUT2D eigenvalue weighted by Crippen LogP contribution is -2.22. The fourth-order valence-electron chi connectivity index (χ4n) is 2.05. The number of nitrogens with two attached hydrogens (primary N) is 1. The fraction of sp³-hybridized carbons (Fsp3) is 0.833. The summed E-state index contributed by atoms with van der Waals surface area (Å²) < 4.78 is 5.56. The second-order valence-electron chi connectivity index (χ2n) is 5.65. The highest BCUT2D eigenvalue weighted by atomic mass is 32.2. The first-order valence-electron chi connectivity index (χ1n) is 6.18. The molecule has 2 rings (SSSR count). The molecule has 17 heavy (non-hydrogen) atoms. The van der Waals surface area contributed by atoms with Crippen LogP contribution in [0.2, 0.25) is 0 Å². The van der Waals surface area contributed by atoms with E-state index >= 15 is 0 Å². The zero-order chi connectivity index (χ0) is 12.5. The van der Waals surface area contributed by atoms with Crippen LogP contribution in [-0.2, 0) is 5.75 Å². The Bertz CT molecular complexity index is 372. The number of aromatic nitrogens is 2. The summed E-state index contributed by atoms with van der Waals surface area (Å²) in [5, 5.41) is 4.04. The van der Waals surface area contributed by atoms with Gasteiger partial charge in [0, 0.05) is 10.8 Å². The first-order chi connectivity index (χ1) is 7.96. The van der Waals surface area contributed by atoms with Gasteiger partial charge in [-0.15, -0.1) is 11.8 Å². The maximum Gasteiger partial charge on any atom is 0.231 e. The molecular formula is C12H21N3OS. The lowest BCUT2D eigenvalue weighted by Gasteiger charge is -2.15. The third kappa shape index (κ3) is 3.45. The molecule has 0 radical (unpaired) electrons. The van der Waals surface area contributed by atoms with Gasteiger partial charge in [-0.3, -0.25) is 0 Å². The summed E-state index contributed by atoms with van der Waals surface area (Å²) in [4.78, 5) is 4.47. The molecule has 1 aliphatic rings. The quantitative estimate of drug-likeness (QED) is 0.899. The molecule has 5 heteroatoms. The van der Waals surface area contributed by atoms with Crippen LogP contribution < -0.4 is 5.73 Å². The molecule has 0 saturated heterocycles. The molecule has 1 aromatic heterocycles. The lowest BCUT2D eigenvalue weighted by atomic mass is 10.1. The molecule has 1 saturated carbocycles. The van der Waals surface area contributed by atoms with Crippen molar-refractivity contribution in [2.24, 2.45) is 5.73 Å². The molecule has 2 unspecified atom stereocenters. The molecule has 2 N–H and O–H groups in total. The van der Waals surface area contributed by atoms with E-state index in [4.69, 9.17) is 10.3 Å². The maximum atomic E-state index is 6.03. The maximum absolute atomic E-state index is 6.03. The lowest BCUT2D eigenvalue weighted by molar-refractivity contribution is 0.342. The molecule has 1 aliphatic carbocycles. The van der Waals surface area contributed by atoms with Gasteiger partial charge in [-0.2, -0.15) is 4.98 Å². The van der Waals surface area contributed by atoms with Crippen molar-refractivity contribution in [1.82, 2.24) is 10.1 Å². The summed E-state index contributed by atoms with van der Waals surface area (Å²) in [5.74, 6) is 2.60. The first kappa shape index (κ1) is 12.9. The number of thioether (sulfide) groups is 1. The largest absolute Gasteiger partial charge is 0.339 e. The molecular weight excluding hydrogens is 234 g/mol. The van der Waals surface area contributed by atoms with Crippen LogP contribution in [0, 0.1) is 0 Å². The Kier molecular flexibility index (Phi) is 3.78. The molecule has 0 bridgehead atoms. The zero-order valence-electron chi connectivity index (χ0n) is 10.8. The van der Waals surface area contributed by atoms with Crippen LogP contribution in [0.3, 0.4) is 0 Å². The highest BCUT2D eigenvalue weighted by Crippen LogP contribution is 2.33. The Morgan fingerprint density at radius 2 is 2.18 bits per heavy atom. The third-order valence-corrected chi connectivity index (χ3v) is 4.27. The van der Waals surface area contributed by atoms with Gasteiger partial charge in [0.05, 0.1) is 11.7 Å². The summed E-state index contributed by atoms with van der Waals surface area (Å²) in [6.07, 6.45) is 3.31. The van der Waals surface area contributed by atoms with Crippen molar-refractivity contribution in [3.05, 3.63) is 11.7 Å². The normalized spacial score (nSPS) is 25.4. The minimum Gasteiger partial charge on any atom is -0.339 e. The van der Waals surface area contributed by atoms with Crippen molar-refractivity contribution in [3.63, 3.8) is 0 Å². The second kappa shape index (κ2) is 4.98. The van der Waals surface area contributed by atoms with Gasteiger partial charge in [-0.05, 0) is 12.8 Å². The van der Waals surface area contributed by atoms with Crippen molar-refractivity contribution in [3.8, 4) is 0 Å². The Morgan fingerprint density at radius 3 is 2.76 bits per heavy atom. The van der Waals surface area contributed by atoms with Crippen molar-refractivity contribution >= 4 is 11.8 Å². The standard InChI is InChI=1S/C12H21N3OS/c1-12(2,3)17-7-10-14-11(16-15-10)8-5-4-6-9(8)13/h8-9H,4-7,13H2,1-3H3. The van der Waals surface area contributed by atoms with Gasteiger partial charge in [0.25, 0.3) is 0 Å². The van der Waals surface area contributed by atoms with E-state index < -0.39 is 0 Å². The molecule has 0 aliphatic heterocycles. The van der Waals surface area contributed by atoms with Crippen LogP contribution in [0.5, 0.6) is 0 Å². The van der Waals surface area contributed by atoms with E-state index in [0.717, 1.165) is 30.3 Å². The van der Waals surface area contributed by atoms with Crippen LogP contribution in [0.1, 0.15) is 57.7 Å². The van der Waals surface area contributed by atoms with Gasteiger partial charge >= 0.3 is 0 Å². The summed E-state index contributed by atoms with van der Waals surface area (Å²) in [6, 6.07) is 0.193. The topological polar surface area (TPSA) is 64.9 Å². The van der Waals surface area contributed by atoms with E-state index in [-0.39, 0.29) is 16.7 Å². The minimum absolute atomic E-state index is 0.193. The third-order valence-electron chi connectivity index (χ3n) is 3.00. The van der Waals surface area contributed by atoms with E-state index in [9.17, 15) is 0 Å². The smallest absolute Gasteiger partial charge is 0.231 e. The van der Waals surface area contributed by atoms with Gasteiger partial charge < -0.3 is 10.3 Å². The number of rotatable bonds is 3. The summed E-state index contributed by atoms with van der Waals surface area (Å²) in [6.45, 7) is 6.56. The van der Waals surface area contributed by atoms with Crippen LogP contribution in [0.15, 0.2) is 4.52 Å². The highest BCUT2D eigenvalue weighted by Gasteiger charge is 2.30. The molecule has 4 nitrogen and oxygen atoms in total. The van der Waals surface area contributed by atoms with Crippen molar-refractivity contribution in [2.75, 3.05) is 0 Å². The van der Waals surface area contributed by atoms with Gasteiger partial charge in [-0.1, -0.05) is 32.3 Å². The van der Waals surface area contributed by atoms with Crippen molar-refractivity contribution in [1.29, 1.82) is 0 Å². The van der Waals surface area contributed by atoms with Gasteiger partial charge in [0.1, 0.15) is 0 Å². The van der Waals surface area contributed by atoms with Crippen LogP contribution >= 0.6 is 11.8 Å². The SMILES string of the molecule is CC(C)(C)SCc1noc(C2CCCC2N)n1. The summed E-state index contributed by atoms with van der Waals surface area (Å²) >= 11 is 1.83. The van der Waals surface area contributed by atoms with Gasteiger partial charge in [0.2, 0.25) is 5.89 Å². The van der Waals surface area contributed by atoms with E-state index in [1.165, 1.54) is 6.42 Å². The predicted octanol–water partition coefficient (Wildman–Crippen LogP) is 2.70. The van der Waals surface area contributed by atoms with E-state index in [1.54, 1.807) is 0 Å². The molecule has 2 atom stereocenters. The van der Waals surface area contributed by atoms with Crippen LogP contribution in [0.4, 0.5) is 0 Å². The summed E-state index contributed by atoms with van der Waals surface area (Å²) in [5.41, 5.74) is 6.03. The molecule has 96 valence electrons. The monoisotopic (exact) mass is 255 g/mol. The summed E-state index contributed by atoms with van der Waals surface area (Å²) in [7, 11) is 0. The van der Waals surface area contributed by atoms with Gasteiger partial charge in [-0.25, -0.2) is 0 Å². The molecule has 1 fully saturated rings. The molecule has 1 heterocycles. The second-order valence-corrected chi connectivity index (χ2v) is 7.45. The van der Waals surface area contributed by atoms with Crippen LogP contribution in [0.25, 0.3) is 0 Å². The Hall–Kier alpha value is -0.550. The van der Waals surface area contributed by atoms with Crippen LogP contribution in [-0.4, -0.2) is 20.9 Å². The molecule has 0 aromatic carbocycles. The Morgan fingerprint density at radius 1 is 1.41 bits per heavy atom. The molecule has 1 aromatic rings. The number of nitrogens with zero attached hydrogens (tertiary/aromatic N) is 2. The van der Waals surface area contributed by atoms with Gasteiger partial charge in [0.15, 0.2) is 5.82 Å². The number of hydrogen-bond acceptors (Lipinski definition) is 5. The first-order valence-corrected chi connectivity index (χ1v) is 7.16. The van der Waals surface area contributed by atoms with E-state index in [2.05, 4.69) is 30.9 Å². The fourth-order valence-corrected chi connectivity index (χ4v) is 2.73. The Labute approximate surface area is 107 Å². The van der Waals surface area contributed by atoms with Crippen molar-refractivity contribution < 1.29 is 4.52 Å². The van der Waals surface area contributed by atoms with Crippen molar-refractivity contribution in [2.45, 2.75) is 62.5 Å². The minimum atomic E-state index is 0.193. The number of hydrogen-bond donors (Lipinski definition) is 1. The molecule has 0 amide bonds. The van der Waals surface area contributed by atoms with E-state index in [1.807, 2.05) is 11.8 Å². The average Bonchev–Trinajstić information content (AvgIpc) is 2.81. The molecule has 0 spiro atoms. The zero-order valence-corrected chi connectivity index (χ0v) is 11.6. The highest BCUT2D eigenvalue weighted by molar-refractivity contribution is 7.99. The van der Waals surface area contributed by atoms with E-state index in [0.29, 0.717) is 0 Å². The average molecular weight is 255 g/mol. The Balaban J connectivity index is 1.96. The predicted molar refractivity (Wildman–Crippen MR) is 69.9 cm³/mol.